The maximum atomic E-state index is 14.0. The van der Waals surface area contributed by atoms with E-state index in [1.165, 1.54) is 10.7 Å². The number of aromatic nitrogens is 2. The number of likely N-dealkylation sites (tertiary alicyclic amines) is 1. The molecule has 0 radical (unpaired) electrons. The topological polar surface area (TPSA) is 38.1 Å². The van der Waals surface area contributed by atoms with E-state index in [2.05, 4.69) is 5.10 Å². The molecule has 0 saturated carbocycles. The summed E-state index contributed by atoms with van der Waals surface area (Å²) < 4.78 is 15.5. The largest absolute Gasteiger partial charge is 0.330 e. The van der Waals surface area contributed by atoms with Crippen LogP contribution in [0.5, 0.6) is 0 Å². The molecule has 1 saturated heterocycles. The van der Waals surface area contributed by atoms with Crippen molar-refractivity contribution in [1.82, 2.24) is 14.7 Å². The first-order chi connectivity index (χ1) is 10.1. The van der Waals surface area contributed by atoms with Crippen LogP contribution < -0.4 is 0 Å². The van der Waals surface area contributed by atoms with Crippen molar-refractivity contribution in [3.8, 4) is 0 Å². The Hall–Kier alpha value is -1.88. The van der Waals surface area contributed by atoms with Gasteiger partial charge in [-0.25, -0.2) is 4.39 Å². The zero-order valence-corrected chi connectivity index (χ0v) is 12.3. The molecule has 1 fully saturated rings. The number of aryl methyl sites for hydroxylation is 1. The lowest BCUT2D eigenvalue weighted by Crippen LogP contribution is -2.31. The minimum Gasteiger partial charge on any atom is -0.330 e. The molecular weight excluding hydrogens is 293 g/mol. The Kier molecular flexibility index (Phi) is 3.68. The van der Waals surface area contributed by atoms with E-state index in [9.17, 15) is 9.18 Å². The molecule has 110 valence electrons. The molecule has 0 aliphatic carbocycles. The number of nitrogens with zero attached hydrogens (tertiary/aromatic N) is 3. The van der Waals surface area contributed by atoms with Crippen molar-refractivity contribution in [1.29, 1.82) is 0 Å². The SMILES string of the molecule is Cn1cc(Cl)c(C(=O)N2CCCC2c2ccccc2F)n1. The quantitative estimate of drug-likeness (QED) is 0.854. The van der Waals surface area contributed by atoms with Crippen molar-refractivity contribution in [3.05, 3.63) is 52.6 Å². The average Bonchev–Trinajstić information content (AvgIpc) is 3.05. The summed E-state index contributed by atoms with van der Waals surface area (Å²) in [4.78, 5) is 14.3. The first-order valence-electron chi connectivity index (χ1n) is 6.82. The van der Waals surface area contributed by atoms with Crippen LogP contribution in [0.3, 0.4) is 0 Å². The molecule has 3 rings (SSSR count). The maximum Gasteiger partial charge on any atom is 0.276 e. The highest BCUT2D eigenvalue weighted by molar-refractivity contribution is 6.33. The first-order valence-corrected chi connectivity index (χ1v) is 7.20. The van der Waals surface area contributed by atoms with Crippen molar-refractivity contribution in [3.63, 3.8) is 0 Å². The summed E-state index contributed by atoms with van der Waals surface area (Å²) >= 11 is 6.04. The first kappa shape index (κ1) is 14.1. The normalized spacial score (nSPS) is 18.2. The van der Waals surface area contributed by atoms with Crippen molar-refractivity contribution in [2.24, 2.45) is 7.05 Å². The van der Waals surface area contributed by atoms with E-state index < -0.39 is 0 Å². The van der Waals surface area contributed by atoms with Crippen LogP contribution in [0.2, 0.25) is 5.02 Å². The van der Waals surface area contributed by atoms with E-state index in [4.69, 9.17) is 11.6 Å². The number of rotatable bonds is 2. The van der Waals surface area contributed by atoms with Crippen LogP contribution in [-0.4, -0.2) is 27.1 Å². The minimum atomic E-state index is -0.283. The van der Waals surface area contributed by atoms with E-state index >= 15 is 0 Å². The molecule has 1 atom stereocenters. The van der Waals surface area contributed by atoms with E-state index in [0.29, 0.717) is 17.1 Å². The fourth-order valence-corrected chi connectivity index (χ4v) is 3.08. The zero-order chi connectivity index (χ0) is 15.0. The van der Waals surface area contributed by atoms with E-state index in [1.807, 2.05) is 0 Å². The molecular formula is C15H15ClFN3O. The number of carbonyl (C=O) groups excluding carboxylic acids is 1. The molecule has 1 aromatic carbocycles. The number of hydrogen-bond acceptors (Lipinski definition) is 2. The summed E-state index contributed by atoms with van der Waals surface area (Å²) in [5.74, 6) is -0.527. The lowest BCUT2D eigenvalue weighted by molar-refractivity contribution is 0.0727. The number of halogens is 2. The van der Waals surface area contributed by atoms with E-state index in [0.717, 1.165) is 12.8 Å². The van der Waals surface area contributed by atoms with E-state index in [1.54, 1.807) is 36.3 Å². The minimum absolute atomic E-state index is 0.224. The van der Waals surface area contributed by atoms with Gasteiger partial charge in [-0.3, -0.25) is 9.48 Å². The van der Waals surface area contributed by atoms with Crippen LogP contribution in [0.15, 0.2) is 30.5 Å². The van der Waals surface area contributed by atoms with Gasteiger partial charge in [-0.05, 0) is 18.9 Å². The van der Waals surface area contributed by atoms with Gasteiger partial charge in [0.15, 0.2) is 5.69 Å². The van der Waals surface area contributed by atoms with Gasteiger partial charge in [0.25, 0.3) is 5.91 Å². The van der Waals surface area contributed by atoms with Gasteiger partial charge in [-0.2, -0.15) is 5.10 Å². The molecule has 0 bridgehead atoms. The third kappa shape index (κ3) is 2.53. The second kappa shape index (κ2) is 5.48. The molecule has 2 heterocycles. The standard InChI is InChI=1S/C15H15ClFN3O/c1-19-9-11(16)14(18-19)15(21)20-8-4-7-13(20)10-5-2-3-6-12(10)17/h2-3,5-6,9,13H,4,7-8H2,1H3. The van der Waals surface area contributed by atoms with Crippen molar-refractivity contribution >= 4 is 17.5 Å². The number of benzene rings is 1. The number of amides is 1. The molecule has 1 aromatic heterocycles. The Labute approximate surface area is 127 Å². The van der Waals surface area contributed by atoms with Gasteiger partial charge in [0.2, 0.25) is 0 Å². The zero-order valence-electron chi connectivity index (χ0n) is 11.6. The summed E-state index contributed by atoms with van der Waals surface area (Å²) in [7, 11) is 1.71. The van der Waals surface area contributed by atoms with Crippen molar-refractivity contribution in [2.75, 3.05) is 6.54 Å². The maximum absolute atomic E-state index is 14.0. The molecule has 1 amide bonds. The van der Waals surface area contributed by atoms with Crippen molar-refractivity contribution < 1.29 is 9.18 Å². The lowest BCUT2D eigenvalue weighted by atomic mass is 10.0. The Balaban J connectivity index is 1.93. The lowest BCUT2D eigenvalue weighted by Gasteiger charge is -2.24. The van der Waals surface area contributed by atoms with Crippen LogP contribution in [0.1, 0.15) is 34.9 Å². The van der Waals surface area contributed by atoms with E-state index in [-0.39, 0.29) is 23.5 Å². The molecule has 21 heavy (non-hydrogen) atoms. The Bertz CT molecular complexity index is 685. The fourth-order valence-electron chi connectivity index (χ4n) is 2.82. The molecule has 0 N–H and O–H groups in total. The smallest absolute Gasteiger partial charge is 0.276 e. The molecule has 1 aliphatic heterocycles. The second-order valence-electron chi connectivity index (χ2n) is 5.18. The average molecular weight is 308 g/mol. The van der Waals surface area contributed by atoms with Gasteiger partial charge in [-0.15, -0.1) is 0 Å². The third-order valence-corrected chi connectivity index (χ3v) is 4.04. The van der Waals surface area contributed by atoms with Gasteiger partial charge in [0.05, 0.1) is 11.1 Å². The van der Waals surface area contributed by atoms with Crippen LogP contribution in [0.4, 0.5) is 4.39 Å². The highest BCUT2D eigenvalue weighted by atomic mass is 35.5. The molecule has 4 nitrogen and oxygen atoms in total. The Morgan fingerprint density at radius 3 is 2.86 bits per heavy atom. The predicted octanol–water partition coefficient (Wildman–Crippen LogP) is 3.19. The molecule has 1 unspecified atom stereocenters. The summed E-state index contributed by atoms with van der Waals surface area (Å²) in [6.45, 7) is 0.588. The molecule has 6 heteroatoms. The monoisotopic (exact) mass is 307 g/mol. The highest BCUT2D eigenvalue weighted by Crippen LogP contribution is 2.34. The molecule has 1 aliphatic rings. The number of hydrogen-bond donors (Lipinski definition) is 0. The van der Waals surface area contributed by atoms with Crippen LogP contribution >= 0.6 is 11.6 Å². The van der Waals surface area contributed by atoms with Gasteiger partial charge < -0.3 is 4.90 Å². The third-order valence-electron chi connectivity index (χ3n) is 3.76. The van der Waals surface area contributed by atoms with Crippen LogP contribution in [-0.2, 0) is 7.05 Å². The summed E-state index contributed by atoms with van der Waals surface area (Å²) in [5.41, 5.74) is 0.776. The summed E-state index contributed by atoms with van der Waals surface area (Å²) in [6, 6.07) is 6.33. The van der Waals surface area contributed by atoms with Crippen LogP contribution in [0, 0.1) is 5.82 Å². The van der Waals surface area contributed by atoms with Gasteiger partial charge in [0, 0.05) is 25.4 Å². The predicted molar refractivity (Wildman–Crippen MR) is 77.6 cm³/mol. The summed E-state index contributed by atoms with van der Waals surface area (Å²) in [6.07, 6.45) is 3.18. The van der Waals surface area contributed by atoms with Gasteiger partial charge >= 0.3 is 0 Å². The van der Waals surface area contributed by atoms with Gasteiger partial charge in [0.1, 0.15) is 5.82 Å². The second-order valence-corrected chi connectivity index (χ2v) is 5.58. The Morgan fingerprint density at radius 1 is 1.43 bits per heavy atom. The summed E-state index contributed by atoms with van der Waals surface area (Å²) in [5, 5.41) is 4.43. The number of carbonyl (C=O) groups is 1. The van der Waals surface area contributed by atoms with Gasteiger partial charge in [-0.1, -0.05) is 29.8 Å². The van der Waals surface area contributed by atoms with Crippen LogP contribution in [0.25, 0.3) is 0 Å². The Morgan fingerprint density at radius 2 is 2.19 bits per heavy atom. The van der Waals surface area contributed by atoms with Crippen molar-refractivity contribution in [2.45, 2.75) is 18.9 Å². The molecule has 2 aromatic rings. The highest BCUT2D eigenvalue weighted by Gasteiger charge is 2.34. The fraction of sp³-hybridized carbons (Fsp3) is 0.333. The molecule has 0 spiro atoms.